The van der Waals surface area contributed by atoms with Crippen molar-refractivity contribution in [2.75, 3.05) is 0 Å². The molecular weight excluding hydrogens is 159 g/mol. The molecule has 4 heteroatoms. The van der Waals surface area contributed by atoms with Gasteiger partial charge in [0.1, 0.15) is 5.52 Å². The smallest absolute Gasteiger partial charge is 0.192 e. The molecule has 0 spiro atoms. The highest BCUT2D eigenvalue weighted by atomic mass is 19.1. The Morgan fingerprint density at radius 3 is 3.00 bits per heavy atom. The molecule has 0 saturated heterocycles. The Bertz CT molecular complexity index is 436. The van der Waals surface area contributed by atoms with E-state index in [1.807, 2.05) is 0 Å². The van der Waals surface area contributed by atoms with Crippen LogP contribution in [0.15, 0.2) is 18.3 Å². The van der Waals surface area contributed by atoms with Crippen molar-refractivity contribution in [1.29, 1.82) is 0 Å². The minimum Gasteiger partial charge on any atom is -0.505 e. The average molecular weight is 166 g/mol. The van der Waals surface area contributed by atoms with Crippen LogP contribution in [0, 0.1) is 5.82 Å². The lowest BCUT2D eigenvalue weighted by atomic mass is 10.2. The molecule has 3 nitrogen and oxygen atoms in total. The number of hydrogen-bond acceptors (Lipinski definition) is 2. The number of phenols is 1. The summed E-state index contributed by atoms with van der Waals surface area (Å²) in [6.45, 7) is 0. The molecule has 0 aliphatic heterocycles. The van der Waals surface area contributed by atoms with E-state index in [-0.39, 0.29) is 11.3 Å². The van der Waals surface area contributed by atoms with Gasteiger partial charge in [-0.1, -0.05) is 0 Å². The van der Waals surface area contributed by atoms with Gasteiger partial charge in [-0.05, 0) is 12.1 Å². The monoisotopic (exact) mass is 166 g/mol. The Hall–Kier alpha value is -1.58. The van der Waals surface area contributed by atoms with Crippen LogP contribution in [0.2, 0.25) is 0 Å². The molecule has 0 aliphatic rings. The van der Waals surface area contributed by atoms with Crippen molar-refractivity contribution in [3.63, 3.8) is 0 Å². The van der Waals surface area contributed by atoms with Crippen molar-refractivity contribution < 1.29 is 9.50 Å². The number of aromatic nitrogens is 2. The lowest BCUT2D eigenvalue weighted by molar-refractivity contribution is 0.435. The van der Waals surface area contributed by atoms with Crippen molar-refractivity contribution in [1.82, 2.24) is 9.78 Å². The molecule has 0 amide bonds. The van der Waals surface area contributed by atoms with Crippen LogP contribution < -0.4 is 0 Å². The normalized spacial score (nSPS) is 10.8. The van der Waals surface area contributed by atoms with Gasteiger partial charge in [0.2, 0.25) is 0 Å². The minimum atomic E-state index is -0.659. The van der Waals surface area contributed by atoms with E-state index in [9.17, 15) is 4.39 Å². The molecule has 0 atom stereocenters. The second-order valence-corrected chi connectivity index (χ2v) is 2.64. The van der Waals surface area contributed by atoms with E-state index in [2.05, 4.69) is 5.10 Å². The Balaban J connectivity index is 2.89. The van der Waals surface area contributed by atoms with Crippen LogP contribution in [-0.2, 0) is 7.05 Å². The van der Waals surface area contributed by atoms with Crippen LogP contribution >= 0.6 is 0 Å². The first-order valence-electron chi connectivity index (χ1n) is 3.49. The third-order valence-corrected chi connectivity index (χ3v) is 1.71. The van der Waals surface area contributed by atoms with Gasteiger partial charge in [0.15, 0.2) is 11.6 Å². The molecule has 1 heterocycles. The number of nitrogens with zero attached hydrogens (tertiary/aromatic N) is 2. The molecule has 1 N–H and O–H groups in total. The molecule has 0 aliphatic carbocycles. The van der Waals surface area contributed by atoms with Crippen LogP contribution in [0.3, 0.4) is 0 Å². The largest absolute Gasteiger partial charge is 0.505 e. The van der Waals surface area contributed by atoms with E-state index >= 15 is 0 Å². The number of aromatic hydroxyl groups is 1. The first-order chi connectivity index (χ1) is 5.68. The van der Waals surface area contributed by atoms with Gasteiger partial charge in [-0.3, -0.25) is 4.68 Å². The predicted molar refractivity (Wildman–Crippen MR) is 42.3 cm³/mol. The van der Waals surface area contributed by atoms with Crippen LogP contribution in [0.4, 0.5) is 4.39 Å². The fourth-order valence-corrected chi connectivity index (χ4v) is 1.16. The number of hydrogen-bond donors (Lipinski definition) is 1. The van der Waals surface area contributed by atoms with Gasteiger partial charge in [-0.15, -0.1) is 0 Å². The van der Waals surface area contributed by atoms with Crippen LogP contribution in [0.25, 0.3) is 10.9 Å². The van der Waals surface area contributed by atoms with Crippen molar-refractivity contribution in [3.05, 3.63) is 24.1 Å². The van der Waals surface area contributed by atoms with Crippen molar-refractivity contribution in [2.24, 2.45) is 7.05 Å². The highest BCUT2D eigenvalue weighted by molar-refractivity contribution is 5.80. The zero-order valence-corrected chi connectivity index (χ0v) is 6.45. The van der Waals surface area contributed by atoms with Crippen LogP contribution in [-0.4, -0.2) is 14.9 Å². The van der Waals surface area contributed by atoms with E-state index in [0.717, 1.165) is 0 Å². The number of rotatable bonds is 0. The fourth-order valence-electron chi connectivity index (χ4n) is 1.16. The standard InChI is InChI=1S/C8H7FN2O/c1-11-4-5-2-3-6(12)7(9)8(5)10-11/h2-4,12H,1H3. The molecule has 62 valence electrons. The first kappa shape index (κ1) is 7.09. The summed E-state index contributed by atoms with van der Waals surface area (Å²) in [6.07, 6.45) is 1.69. The number of halogens is 1. The van der Waals surface area contributed by atoms with Gasteiger partial charge >= 0.3 is 0 Å². The van der Waals surface area contributed by atoms with Crippen molar-refractivity contribution in [2.45, 2.75) is 0 Å². The lowest BCUT2D eigenvalue weighted by Crippen LogP contribution is -1.86. The molecule has 0 unspecified atom stereocenters. The van der Waals surface area contributed by atoms with Crippen molar-refractivity contribution >= 4 is 10.9 Å². The Kier molecular flexibility index (Phi) is 1.30. The van der Waals surface area contributed by atoms with Crippen LogP contribution in [0.5, 0.6) is 5.75 Å². The van der Waals surface area contributed by atoms with E-state index in [1.165, 1.54) is 10.7 Å². The van der Waals surface area contributed by atoms with Gasteiger partial charge in [-0.2, -0.15) is 5.10 Å². The second kappa shape index (κ2) is 2.20. The van der Waals surface area contributed by atoms with E-state index in [1.54, 1.807) is 19.3 Å². The van der Waals surface area contributed by atoms with Gasteiger partial charge in [0, 0.05) is 18.6 Å². The third-order valence-electron chi connectivity index (χ3n) is 1.71. The van der Waals surface area contributed by atoms with E-state index in [4.69, 9.17) is 5.11 Å². The molecule has 2 aromatic rings. The van der Waals surface area contributed by atoms with Gasteiger partial charge in [0.25, 0.3) is 0 Å². The summed E-state index contributed by atoms with van der Waals surface area (Å²) in [5, 5.41) is 13.5. The van der Waals surface area contributed by atoms with E-state index < -0.39 is 5.82 Å². The van der Waals surface area contributed by atoms with Gasteiger partial charge in [0.05, 0.1) is 0 Å². The van der Waals surface area contributed by atoms with E-state index in [0.29, 0.717) is 5.39 Å². The number of aryl methyl sites for hydroxylation is 1. The summed E-state index contributed by atoms with van der Waals surface area (Å²) < 4.78 is 14.6. The summed E-state index contributed by atoms with van der Waals surface area (Å²) in [6, 6.07) is 2.94. The van der Waals surface area contributed by atoms with Gasteiger partial charge < -0.3 is 5.11 Å². The maximum Gasteiger partial charge on any atom is 0.192 e. The van der Waals surface area contributed by atoms with Crippen LogP contribution in [0.1, 0.15) is 0 Å². The minimum absolute atomic E-state index is 0.206. The SMILES string of the molecule is Cn1cc2ccc(O)c(F)c2n1. The van der Waals surface area contributed by atoms with Gasteiger partial charge in [-0.25, -0.2) is 4.39 Å². The topological polar surface area (TPSA) is 38.0 Å². The first-order valence-corrected chi connectivity index (χ1v) is 3.49. The molecule has 0 bridgehead atoms. The highest BCUT2D eigenvalue weighted by Gasteiger charge is 2.08. The fraction of sp³-hybridized carbons (Fsp3) is 0.125. The number of benzene rings is 1. The number of phenolic OH excluding ortho intramolecular Hbond substituents is 1. The molecule has 1 aromatic heterocycles. The number of fused-ring (bicyclic) bond motifs is 1. The molecule has 1 aromatic carbocycles. The summed E-state index contributed by atoms with van der Waals surface area (Å²) in [7, 11) is 1.70. The molecule has 12 heavy (non-hydrogen) atoms. The average Bonchev–Trinajstić information content (AvgIpc) is 2.39. The molecule has 0 saturated carbocycles. The highest BCUT2D eigenvalue weighted by Crippen LogP contribution is 2.23. The van der Waals surface area contributed by atoms with Crippen molar-refractivity contribution in [3.8, 4) is 5.75 Å². The zero-order valence-electron chi connectivity index (χ0n) is 6.45. The Labute approximate surface area is 68.0 Å². The summed E-state index contributed by atoms with van der Waals surface area (Å²) in [5.74, 6) is -1.02. The summed E-state index contributed by atoms with van der Waals surface area (Å²) in [5.41, 5.74) is 0.206. The maximum atomic E-state index is 13.1. The Morgan fingerprint density at radius 1 is 1.50 bits per heavy atom. The predicted octanol–water partition coefficient (Wildman–Crippen LogP) is 1.42. The lowest BCUT2D eigenvalue weighted by Gasteiger charge is -1.92. The third kappa shape index (κ3) is 0.845. The molecule has 0 fully saturated rings. The molecule has 0 radical (unpaired) electrons. The summed E-state index contributed by atoms with van der Waals surface area (Å²) >= 11 is 0. The maximum absolute atomic E-state index is 13.1. The zero-order chi connectivity index (χ0) is 8.72. The Morgan fingerprint density at radius 2 is 2.25 bits per heavy atom. The molecule has 2 rings (SSSR count). The molecular formula is C8H7FN2O. The summed E-state index contributed by atoms with van der Waals surface area (Å²) in [4.78, 5) is 0. The quantitative estimate of drug-likeness (QED) is 0.642. The second-order valence-electron chi connectivity index (χ2n) is 2.64.